The van der Waals surface area contributed by atoms with E-state index in [-0.39, 0.29) is 23.8 Å². The van der Waals surface area contributed by atoms with Gasteiger partial charge in [-0.1, -0.05) is 94.3 Å². The molecule has 1 atom stereocenters. The Hall–Kier alpha value is -3.66. The number of anilines is 1. The lowest BCUT2D eigenvalue weighted by Crippen LogP contribution is -2.53. The van der Waals surface area contributed by atoms with Crippen molar-refractivity contribution in [2.45, 2.75) is 23.9 Å². The van der Waals surface area contributed by atoms with E-state index < -0.39 is 28.5 Å². The van der Waals surface area contributed by atoms with Gasteiger partial charge in [0.25, 0.3) is 10.0 Å². The first kappa shape index (κ1) is 30.3. The van der Waals surface area contributed by atoms with Gasteiger partial charge in [-0.15, -0.1) is 0 Å². The Morgan fingerprint density at radius 1 is 0.854 bits per heavy atom. The average Bonchev–Trinajstić information content (AvgIpc) is 2.99. The highest BCUT2D eigenvalue weighted by atomic mass is 79.9. The highest BCUT2D eigenvalue weighted by Crippen LogP contribution is 2.27. The first-order valence-electron chi connectivity index (χ1n) is 12.8. The minimum Gasteiger partial charge on any atom is -0.357 e. The van der Waals surface area contributed by atoms with Crippen LogP contribution in [-0.2, 0) is 32.6 Å². The van der Waals surface area contributed by atoms with Crippen LogP contribution in [0.4, 0.5) is 5.69 Å². The van der Waals surface area contributed by atoms with Gasteiger partial charge >= 0.3 is 0 Å². The zero-order valence-electron chi connectivity index (χ0n) is 22.3. The Labute approximate surface area is 253 Å². The SMILES string of the molecule is CNC(=O)[C@@H](Cc1ccccc1)N(Cc1ccccc1Cl)C(=O)CN(c1ccc(Br)cc1)S(=O)(=O)c1ccccc1. The molecule has 0 saturated carbocycles. The summed E-state index contributed by atoms with van der Waals surface area (Å²) >= 11 is 9.85. The summed E-state index contributed by atoms with van der Waals surface area (Å²) in [6, 6.07) is 30.1. The van der Waals surface area contributed by atoms with E-state index in [1.165, 1.54) is 24.1 Å². The molecule has 0 aliphatic heterocycles. The molecule has 0 spiro atoms. The predicted molar refractivity (Wildman–Crippen MR) is 165 cm³/mol. The van der Waals surface area contributed by atoms with E-state index in [1.54, 1.807) is 66.7 Å². The number of carbonyl (C=O) groups excluding carboxylic acids is 2. The molecule has 0 radical (unpaired) electrons. The molecule has 4 aromatic carbocycles. The van der Waals surface area contributed by atoms with Gasteiger partial charge in [0, 0.05) is 29.5 Å². The van der Waals surface area contributed by atoms with Gasteiger partial charge < -0.3 is 10.2 Å². The molecule has 1 N–H and O–H groups in total. The number of amides is 2. The highest BCUT2D eigenvalue weighted by Gasteiger charge is 2.34. The number of nitrogens with zero attached hydrogens (tertiary/aromatic N) is 2. The van der Waals surface area contributed by atoms with E-state index in [0.29, 0.717) is 16.3 Å². The number of hydrogen-bond donors (Lipinski definition) is 1. The van der Waals surface area contributed by atoms with Gasteiger partial charge in [-0.3, -0.25) is 13.9 Å². The van der Waals surface area contributed by atoms with Crippen molar-refractivity contribution in [2.24, 2.45) is 0 Å². The Bertz CT molecular complexity index is 1590. The van der Waals surface area contributed by atoms with E-state index in [4.69, 9.17) is 11.6 Å². The Morgan fingerprint density at radius 2 is 1.44 bits per heavy atom. The monoisotopic (exact) mass is 653 g/mol. The lowest BCUT2D eigenvalue weighted by atomic mass is 10.0. The molecule has 0 saturated heterocycles. The molecule has 0 aliphatic carbocycles. The van der Waals surface area contributed by atoms with E-state index in [0.717, 1.165) is 14.3 Å². The summed E-state index contributed by atoms with van der Waals surface area (Å²) in [6.45, 7) is -0.533. The summed E-state index contributed by atoms with van der Waals surface area (Å²) in [4.78, 5) is 28.9. The third-order valence-electron chi connectivity index (χ3n) is 6.54. The van der Waals surface area contributed by atoms with Crippen molar-refractivity contribution in [1.29, 1.82) is 0 Å². The molecule has 7 nitrogen and oxygen atoms in total. The van der Waals surface area contributed by atoms with Gasteiger partial charge in [-0.25, -0.2) is 8.42 Å². The summed E-state index contributed by atoms with van der Waals surface area (Å²) in [5, 5.41) is 3.10. The summed E-state index contributed by atoms with van der Waals surface area (Å²) in [5.41, 5.74) is 1.79. The fraction of sp³-hybridized carbons (Fsp3) is 0.161. The number of likely N-dealkylation sites (N-methyl/N-ethyl adjacent to an activating group) is 1. The molecule has 4 aromatic rings. The van der Waals surface area contributed by atoms with Gasteiger partial charge in [0.15, 0.2) is 0 Å². The van der Waals surface area contributed by atoms with Gasteiger partial charge in [0.1, 0.15) is 12.6 Å². The number of benzene rings is 4. The van der Waals surface area contributed by atoms with Crippen molar-refractivity contribution in [2.75, 3.05) is 17.9 Å². The van der Waals surface area contributed by atoms with Crippen LogP contribution in [0.25, 0.3) is 0 Å². The molecule has 0 aliphatic rings. The van der Waals surface area contributed by atoms with E-state index in [2.05, 4.69) is 21.2 Å². The van der Waals surface area contributed by atoms with Gasteiger partial charge in [-0.2, -0.15) is 0 Å². The second kappa shape index (κ2) is 13.8. The number of nitrogens with one attached hydrogen (secondary N) is 1. The van der Waals surface area contributed by atoms with Crippen LogP contribution in [-0.4, -0.2) is 44.8 Å². The molecule has 0 bridgehead atoms. The first-order valence-corrected chi connectivity index (χ1v) is 15.4. The standard InChI is InChI=1S/C31H29BrClN3O4S/c1-34-31(38)29(20-23-10-4-2-5-11-23)35(21-24-12-8-9-15-28(24)33)30(37)22-36(26-18-16-25(32)17-19-26)41(39,40)27-13-6-3-7-14-27/h2-19,29H,20-22H2,1H3,(H,34,38)/t29-/m1/s1. The quantitative estimate of drug-likeness (QED) is 0.225. The van der Waals surface area contributed by atoms with Crippen LogP contribution in [0.2, 0.25) is 5.02 Å². The van der Waals surface area contributed by atoms with Crippen molar-refractivity contribution >= 4 is 55.1 Å². The lowest BCUT2D eigenvalue weighted by molar-refractivity contribution is -0.139. The third kappa shape index (κ3) is 7.55. The second-order valence-corrected chi connectivity index (χ2v) is 12.4. The molecule has 0 unspecified atom stereocenters. The van der Waals surface area contributed by atoms with Gasteiger partial charge in [0.2, 0.25) is 11.8 Å². The fourth-order valence-electron chi connectivity index (χ4n) is 4.39. The average molecular weight is 655 g/mol. The maximum atomic E-state index is 14.2. The van der Waals surface area contributed by atoms with Gasteiger partial charge in [-0.05, 0) is 53.6 Å². The predicted octanol–water partition coefficient (Wildman–Crippen LogP) is 5.68. The number of halogens is 2. The highest BCUT2D eigenvalue weighted by molar-refractivity contribution is 9.10. The van der Waals surface area contributed by atoms with Crippen LogP contribution in [0.1, 0.15) is 11.1 Å². The molecule has 0 fully saturated rings. The molecule has 0 aromatic heterocycles. The van der Waals surface area contributed by atoms with Crippen LogP contribution >= 0.6 is 27.5 Å². The Kier molecular flexibility index (Phi) is 10.2. The minimum atomic E-state index is -4.14. The molecular formula is C31H29BrClN3O4S. The van der Waals surface area contributed by atoms with Crippen molar-refractivity contribution in [3.05, 3.63) is 130 Å². The summed E-state index contributed by atoms with van der Waals surface area (Å²) < 4.78 is 29.6. The van der Waals surface area contributed by atoms with Crippen molar-refractivity contribution in [1.82, 2.24) is 10.2 Å². The molecule has 10 heteroatoms. The molecule has 212 valence electrons. The van der Waals surface area contributed by atoms with E-state index in [9.17, 15) is 18.0 Å². The Morgan fingerprint density at radius 3 is 2.05 bits per heavy atom. The third-order valence-corrected chi connectivity index (χ3v) is 9.23. The van der Waals surface area contributed by atoms with Crippen LogP contribution in [0.15, 0.2) is 119 Å². The summed E-state index contributed by atoms with van der Waals surface area (Å²) in [6.07, 6.45) is 0.223. The zero-order chi connectivity index (χ0) is 29.4. The largest absolute Gasteiger partial charge is 0.357 e. The van der Waals surface area contributed by atoms with E-state index >= 15 is 0 Å². The molecule has 2 amide bonds. The number of hydrogen-bond acceptors (Lipinski definition) is 4. The lowest BCUT2D eigenvalue weighted by Gasteiger charge is -2.33. The smallest absolute Gasteiger partial charge is 0.264 e. The van der Waals surface area contributed by atoms with Crippen molar-refractivity contribution in [3.63, 3.8) is 0 Å². The minimum absolute atomic E-state index is 0.00297. The molecule has 41 heavy (non-hydrogen) atoms. The maximum absolute atomic E-state index is 14.2. The topological polar surface area (TPSA) is 86.8 Å². The maximum Gasteiger partial charge on any atom is 0.264 e. The normalized spacial score (nSPS) is 11.9. The number of carbonyl (C=O) groups is 2. The van der Waals surface area contributed by atoms with Crippen LogP contribution in [0.3, 0.4) is 0 Å². The fourth-order valence-corrected chi connectivity index (χ4v) is 6.28. The van der Waals surface area contributed by atoms with Crippen LogP contribution in [0.5, 0.6) is 0 Å². The summed E-state index contributed by atoms with van der Waals surface area (Å²) in [7, 11) is -2.64. The number of sulfonamides is 1. The zero-order valence-corrected chi connectivity index (χ0v) is 25.4. The van der Waals surface area contributed by atoms with Crippen LogP contribution < -0.4 is 9.62 Å². The number of rotatable bonds is 11. The Balaban J connectivity index is 1.78. The van der Waals surface area contributed by atoms with Crippen molar-refractivity contribution < 1.29 is 18.0 Å². The molecule has 4 rings (SSSR count). The van der Waals surface area contributed by atoms with Gasteiger partial charge in [0.05, 0.1) is 10.6 Å². The van der Waals surface area contributed by atoms with E-state index in [1.807, 2.05) is 30.3 Å². The van der Waals surface area contributed by atoms with Crippen LogP contribution in [0, 0.1) is 0 Å². The summed E-state index contributed by atoms with van der Waals surface area (Å²) in [5.74, 6) is -0.938. The second-order valence-electron chi connectivity index (χ2n) is 9.23. The molecule has 0 heterocycles. The first-order chi connectivity index (χ1) is 19.7. The van der Waals surface area contributed by atoms with Crippen molar-refractivity contribution in [3.8, 4) is 0 Å². The molecular weight excluding hydrogens is 626 g/mol.